The topological polar surface area (TPSA) is 45.5 Å². The largest absolute Gasteiger partial charge is 0.393 e. The molecule has 17 heavy (non-hydrogen) atoms. The molecule has 4 nitrogen and oxygen atoms in total. The van der Waals surface area contributed by atoms with Gasteiger partial charge in [0.05, 0.1) is 6.10 Å². The van der Waals surface area contributed by atoms with Crippen LogP contribution in [0.5, 0.6) is 0 Å². The first-order valence-electron chi connectivity index (χ1n) is 5.78. The van der Waals surface area contributed by atoms with Gasteiger partial charge in [-0.05, 0) is 34.3 Å². The van der Waals surface area contributed by atoms with Crippen LogP contribution in [0.15, 0.2) is 16.7 Å². The van der Waals surface area contributed by atoms with E-state index in [4.69, 9.17) is 0 Å². The van der Waals surface area contributed by atoms with Gasteiger partial charge < -0.3 is 14.6 Å². The van der Waals surface area contributed by atoms with Crippen LogP contribution in [-0.2, 0) is 7.05 Å². The Balaban J connectivity index is 2.13. The Kier molecular flexibility index (Phi) is 3.58. The number of likely N-dealkylation sites (tertiary alicyclic amines) is 1. The normalized spacial score (nSPS) is 25.1. The highest BCUT2D eigenvalue weighted by molar-refractivity contribution is 9.10. The molecule has 0 radical (unpaired) electrons. The van der Waals surface area contributed by atoms with E-state index in [0.717, 1.165) is 4.47 Å². The zero-order valence-electron chi connectivity index (χ0n) is 10.1. The molecular weight excluding hydrogens is 284 g/mol. The van der Waals surface area contributed by atoms with E-state index in [1.165, 1.54) is 0 Å². The number of halogens is 1. The minimum atomic E-state index is -0.279. The fourth-order valence-corrected chi connectivity index (χ4v) is 2.74. The Morgan fingerprint density at radius 3 is 2.82 bits per heavy atom. The van der Waals surface area contributed by atoms with Crippen molar-refractivity contribution in [1.82, 2.24) is 9.47 Å². The first-order chi connectivity index (χ1) is 7.99. The second-order valence-corrected chi connectivity index (χ2v) is 5.65. The molecule has 0 spiro atoms. The average molecular weight is 301 g/mol. The quantitative estimate of drug-likeness (QED) is 0.857. The highest BCUT2D eigenvalue weighted by Crippen LogP contribution is 2.20. The van der Waals surface area contributed by atoms with Gasteiger partial charge in [0, 0.05) is 30.8 Å². The summed E-state index contributed by atoms with van der Waals surface area (Å²) in [5.41, 5.74) is 0.681. The minimum absolute atomic E-state index is 0.0388. The van der Waals surface area contributed by atoms with Crippen LogP contribution in [0.3, 0.4) is 0 Å². The van der Waals surface area contributed by atoms with Crippen molar-refractivity contribution in [3.05, 3.63) is 22.4 Å². The number of aliphatic hydroxyl groups excluding tert-OH is 1. The highest BCUT2D eigenvalue weighted by atomic mass is 79.9. The Labute approximate surface area is 109 Å². The van der Waals surface area contributed by atoms with Crippen molar-refractivity contribution in [2.24, 2.45) is 13.0 Å². The van der Waals surface area contributed by atoms with Gasteiger partial charge in [-0.3, -0.25) is 4.79 Å². The van der Waals surface area contributed by atoms with Gasteiger partial charge >= 0.3 is 0 Å². The van der Waals surface area contributed by atoms with E-state index >= 15 is 0 Å². The number of aromatic nitrogens is 1. The molecule has 1 aliphatic heterocycles. The molecule has 0 aromatic carbocycles. The van der Waals surface area contributed by atoms with Crippen LogP contribution < -0.4 is 0 Å². The van der Waals surface area contributed by atoms with E-state index < -0.39 is 0 Å². The lowest BCUT2D eigenvalue weighted by Crippen LogP contribution is -2.45. The second-order valence-electron chi connectivity index (χ2n) is 4.74. The van der Waals surface area contributed by atoms with Crippen LogP contribution in [-0.4, -0.2) is 39.7 Å². The third-order valence-electron chi connectivity index (χ3n) is 3.34. The summed E-state index contributed by atoms with van der Waals surface area (Å²) in [7, 11) is 1.86. The van der Waals surface area contributed by atoms with Crippen molar-refractivity contribution in [2.45, 2.75) is 19.4 Å². The Bertz CT molecular complexity index is 430. The van der Waals surface area contributed by atoms with Crippen LogP contribution in [0.1, 0.15) is 23.8 Å². The number of carbonyl (C=O) groups is 1. The number of rotatable bonds is 1. The second kappa shape index (κ2) is 4.82. The zero-order chi connectivity index (χ0) is 12.6. The molecule has 2 unspecified atom stereocenters. The van der Waals surface area contributed by atoms with Gasteiger partial charge in [0.15, 0.2) is 0 Å². The molecule has 2 heterocycles. The summed E-state index contributed by atoms with van der Waals surface area (Å²) >= 11 is 3.37. The van der Waals surface area contributed by atoms with Crippen LogP contribution in [0.25, 0.3) is 0 Å². The smallest absolute Gasteiger partial charge is 0.270 e. The van der Waals surface area contributed by atoms with Crippen molar-refractivity contribution in [1.29, 1.82) is 0 Å². The maximum atomic E-state index is 12.3. The SMILES string of the molecule is CC1CN(C(=O)c2cc(Br)cn2C)CCC1O. The third-order valence-corrected chi connectivity index (χ3v) is 3.77. The predicted octanol–water partition coefficient (Wildman–Crippen LogP) is 1.63. The van der Waals surface area contributed by atoms with Gasteiger partial charge in [0.1, 0.15) is 5.69 Å². The van der Waals surface area contributed by atoms with E-state index in [-0.39, 0.29) is 17.9 Å². The van der Waals surface area contributed by atoms with Gasteiger partial charge in [-0.15, -0.1) is 0 Å². The molecule has 94 valence electrons. The minimum Gasteiger partial charge on any atom is -0.393 e. The summed E-state index contributed by atoms with van der Waals surface area (Å²) in [5, 5.41) is 9.66. The zero-order valence-corrected chi connectivity index (χ0v) is 11.6. The van der Waals surface area contributed by atoms with Crippen LogP contribution in [0.2, 0.25) is 0 Å². The number of hydrogen-bond acceptors (Lipinski definition) is 2. The molecule has 0 bridgehead atoms. The molecule has 1 fully saturated rings. The molecule has 2 atom stereocenters. The molecule has 2 rings (SSSR count). The molecule has 0 aliphatic carbocycles. The summed E-state index contributed by atoms with van der Waals surface area (Å²) in [6, 6.07) is 1.83. The van der Waals surface area contributed by atoms with Gasteiger partial charge in [-0.2, -0.15) is 0 Å². The van der Waals surface area contributed by atoms with Crippen molar-refractivity contribution in [3.8, 4) is 0 Å². The van der Waals surface area contributed by atoms with Crippen LogP contribution >= 0.6 is 15.9 Å². The van der Waals surface area contributed by atoms with E-state index in [0.29, 0.717) is 25.2 Å². The molecule has 1 N–H and O–H groups in total. The molecular formula is C12H17BrN2O2. The Morgan fingerprint density at radius 2 is 2.29 bits per heavy atom. The molecule has 1 amide bonds. The maximum absolute atomic E-state index is 12.3. The highest BCUT2D eigenvalue weighted by Gasteiger charge is 2.28. The van der Waals surface area contributed by atoms with Gasteiger partial charge in [0.2, 0.25) is 0 Å². The number of aryl methyl sites for hydroxylation is 1. The van der Waals surface area contributed by atoms with Gasteiger partial charge in [-0.25, -0.2) is 0 Å². The molecule has 1 aliphatic rings. The fraction of sp³-hybridized carbons (Fsp3) is 0.583. The lowest BCUT2D eigenvalue weighted by molar-refractivity contribution is 0.0292. The molecule has 1 aromatic rings. The molecule has 5 heteroatoms. The van der Waals surface area contributed by atoms with Crippen molar-refractivity contribution >= 4 is 21.8 Å². The molecule has 1 aromatic heterocycles. The first kappa shape index (κ1) is 12.6. The Hall–Kier alpha value is -0.810. The van der Waals surface area contributed by atoms with Gasteiger partial charge in [0.25, 0.3) is 5.91 Å². The summed E-state index contributed by atoms with van der Waals surface area (Å²) in [4.78, 5) is 14.1. The van der Waals surface area contributed by atoms with Crippen molar-refractivity contribution in [2.75, 3.05) is 13.1 Å². The van der Waals surface area contributed by atoms with Crippen LogP contribution in [0, 0.1) is 5.92 Å². The predicted molar refractivity (Wildman–Crippen MR) is 68.8 cm³/mol. The van der Waals surface area contributed by atoms with E-state index in [9.17, 15) is 9.90 Å². The summed E-state index contributed by atoms with van der Waals surface area (Å²) < 4.78 is 2.73. The number of piperidine rings is 1. The van der Waals surface area contributed by atoms with Crippen molar-refractivity contribution < 1.29 is 9.90 Å². The number of aliphatic hydroxyl groups is 1. The molecule has 1 saturated heterocycles. The lowest BCUT2D eigenvalue weighted by Gasteiger charge is -2.34. The third kappa shape index (κ3) is 2.55. The van der Waals surface area contributed by atoms with E-state index in [1.807, 2.05) is 35.7 Å². The number of amides is 1. The van der Waals surface area contributed by atoms with Crippen molar-refractivity contribution in [3.63, 3.8) is 0 Å². The number of carbonyl (C=O) groups excluding carboxylic acids is 1. The first-order valence-corrected chi connectivity index (χ1v) is 6.57. The number of hydrogen-bond donors (Lipinski definition) is 1. The summed E-state index contributed by atoms with van der Waals surface area (Å²) in [6.07, 6.45) is 2.26. The molecule has 0 saturated carbocycles. The van der Waals surface area contributed by atoms with E-state index in [1.54, 1.807) is 0 Å². The van der Waals surface area contributed by atoms with Crippen LogP contribution in [0.4, 0.5) is 0 Å². The van der Waals surface area contributed by atoms with E-state index in [2.05, 4.69) is 15.9 Å². The summed E-state index contributed by atoms with van der Waals surface area (Å²) in [6.45, 7) is 3.24. The standard InChI is InChI=1S/C12H17BrN2O2/c1-8-6-15(4-3-11(8)16)12(17)10-5-9(13)7-14(10)2/h5,7-8,11,16H,3-4,6H2,1-2H3. The number of nitrogens with zero attached hydrogens (tertiary/aromatic N) is 2. The maximum Gasteiger partial charge on any atom is 0.270 e. The Morgan fingerprint density at radius 1 is 1.59 bits per heavy atom. The summed E-state index contributed by atoms with van der Waals surface area (Å²) in [5.74, 6) is 0.188. The lowest BCUT2D eigenvalue weighted by atomic mass is 9.96. The average Bonchev–Trinajstić information content (AvgIpc) is 2.61. The van der Waals surface area contributed by atoms with Gasteiger partial charge in [-0.1, -0.05) is 6.92 Å². The fourth-order valence-electron chi connectivity index (χ4n) is 2.22. The monoisotopic (exact) mass is 300 g/mol.